The van der Waals surface area contributed by atoms with Crippen LogP contribution in [0, 0.1) is 10.1 Å². The number of halogens is 1. The number of nitrogens with one attached hydrogen (secondary N) is 1. The first-order chi connectivity index (χ1) is 10.6. The molecule has 1 saturated heterocycles. The molecular formula is C14H20ClN5O2. The maximum Gasteiger partial charge on any atom is 0.271 e. The Morgan fingerprint density at radius 2 is 2.36 bits per heavy atom. The van der Waals surface area contributed by atoms with Crippen LogP contribution in [0.3, 0.4) is 0 Å². The molecular weight excluding hydrogens is 306 g/mol. The van der Waals surface area contributed by atoms with Gasteiger partial charge in [0, 0.05) is 31.4 Å². The molecule has 0 bridgehead atoms. The molecule has 1 aliphatic rings. The van der Waals surface area contributed by atoms with Crippen LogP contribution in [0.2, 0.25) is 5.15 Å². The van der Waals surface area contributed by atoms with Gasteiger partial charge in [0.1, 0.15) is 10.3 Å². The summed E-state index contributed by atoms with van der Waals surface area (Å²) in [5.74, 6) is 0.275. The summed E-state index contributed by atoms with van der Waals surface area (Å²) in [5, 5.41) is 16.5. The fourth-order valence-corrected chi connectivity index (χ4v) is 2.59. The predicted octanol–water partition coefficient (Wildman–Crippen LogP) is 2.42. The summed E-state index contributed by atoms with van der Waals surface area (Å²) in [6.07, 6.45) is 6.26. The topological polar surface area (TPSA) is 83.7 Å². The van der Waals surface area contributed by atoms with Gasteiger partial charge in [-0.05, 0) is 24.5 Å². The van der Waals surface area contributed by atoms with Crippen molar-refractivity contribution in [2.24, 2.45) is 5.10 Å². The Kier molecular flexibility index (Phi) is 5.94. The molecule has 7 nitrogen and oxygen atoms in total. The minimum absolute atomic E-state index is 0.275. The third-order valence-corrected chi connectivity index (χ3v) is 3.88. The van der Waals surface area contributed by atoms with Gasteiger partial charge in [0.2, 0.25) is 0 Å². The number of nitrogens with zero attached hydrogens (tertiary/aromatic N) is 4. The van der Waals surface area contributed by atoms with Gasteiger partial charge in [-0.25, -0.2) is 15.1 Å². The van der Waals surface area contributed by atoms with Crippen LogP contribution < -0.4 is 5.32 Å². The fourth-order valence-electron chi connectivity index (χ4n) is 2.43. The van der Waals surface area contributed by atoms with E-state index < -0.39 is 5.03 Å². The lowest BCUT2D eigenvalue weighted by Gasteiger charge is -2.16. The lowest BCUT2D eigenvalue weighted by atomic mass is 10.1. The number of nitro groups is 1. The van der Waals surface area contributed by atoms with E-state index >= 15 is 0 Å². The van der Waals surface area contributed by atoms with Gasteiger partial charge in [-0.1, -0.05) is 31.4 Å². The second-order valence-electron chi connectivity index (χ2n) is 5.26. The van der Waals surface area contributed by atoms with E-state index in [-0.39, 0.29) is 5.96 Å². The van der Waals surface area contributed by atoms with Gasteiger partial charge in [-0.3, -0.25) is 0 Å². The van der Waals surface area contributed by atoms with Crippen LogP contribution in [0.5, 0.6) is 0 Å². The quantitative estimate of drug-likeness (QED) is 0.360. The highest BCUT2D eigenvalue weighted by Crippen LogP contribution is 2.19. The summed E-state index contributed by atoms with van der Waals surface area (Å²) in [6.45, 7) is 3.92. The Hall–Kier alpha value is -1.89. The zero-order chi connectivity index (χ0) is 15.9. The third-order valence-electron chi connectivity index (χ3n) is 3.54. The van der Waals surface area contributed by atoms with Gasteiger partial charge in [0.05, 0.1) is 0 Å². The molecule has 120 valence electrons. The Morgan fingerprint density at radius 3 is 3.09 bits per heavy atom. The molecule has 2 heterocycles. The number of aryl methyl sites for hydroxylation is 1. The van der Waals surface area contributed by atoms with Gasteiger partial charge in [0.15, 0.2) is 5.03 Å². The SMILES string of the molecule is CCCCCc1cnc(Cl)c(CN2CCN/C2=N\[N+](=O)[O-])c1. The fraction of sp³-hybridized carbons (Fsp3) is 0.571. The van der Waals surface area contributed by atoms with Crippen LogP contribution in [0.1, 0.15) is 37.3 Å². The van der Waals surface area contributed by atoms with Crippen molar-refractivity contribution in [2.45, 2.75) is 39.2 Å². The standard InChI is InChI=1S/C14H20ClN5O2/c1-2-3-4-5-11-8-12(13(15)17-9-11)10-19-7-6-16-14(19)18-20(21)22/h8-9H,2-7,10H2,1H3,(H,16,18). The van der Waals surface area contributed by atoms with Crippen molar-refractivity contribution in [3.63, 3.8) is 0 Å². The van der Waals surface area contributed by atoms with Crippen molar-refractivity contribution in [1.82, 2.24) is 15.2 Å². The monoisotopic (exact) mass is 325 g/mol. The first-order valence-electron chi connectivity index (χ1n) is 7.45. The summed E-state index contributed by atoms with van der Waals surface area (Å²) in [4.78, 5) is 16.6. The number of unbranched alkanes of at least 4 members (excludes halogenated alkanes) is 2. The van der Waals surface area contributed by atoms with E-state index in [2.05, 4.69) is 22.3 Å². The van der Waals surface area contributed by atoms with Crippen LogP contribution >= 0.6 is 11.6 Å². The molecule has 22 heavy (non-hydrogen) atoms. The highest BCUT2D eigenvalue weighted by molar-refractivity contribution is 6.30. The lowest BCUT2D eigenvalue weighted by Crippen LogP contribution is -2.30. The van der Waals surface area contributed by atoms with Crippen LogP contribution in [-0.2, 0) is 13.0 Å². The summed E-state index contributed by atoms with van der Waals surface area (Å²) in [6, 6.07) is 2.03. The second kappa shape index (κ2) is 7.93. The van der Waals surface area contributed by atoms with Crippen molar-refractivity contribution < 1.29 is 5.03 Å². The van der Waals surface area contributed by atoms with Crippen molar-refractivity contribution >= 4 is 17.6 Å². The van der Waals surface area contributed by atoms with E-state index in [0.29, 0.717) is 24.8 Å². The molecule has 8 heteroatoms. The highest BCUT2D eigenvalue weighted by Gasteiger charge is 2.22. The number of pyridine rings is 1. The maximum atomic E-state index is 10.5. The van der Waals surface area contributed by atoms with Crippen LogP contribution in [0.25, 0.3) is 0 Å². The molecule has 0 amide bonds. The summed E-state index contributed by atoms with van der Waals surface area (Å²) in [7, 11) is 0. The normalized spacial score (nSPS) is 16.1. The van der Waals surface area contributed by atoms with Gasteiger partial charge < -0.3 is 10.2 Å². The lowest BCUT2D eigenvalue weighted by molar-refractivity contribution is -0.485. The van der Waals surface area contributed by atoms with Gasteiger partial charge in [-0.2, -0.15) is 0 Å². The minimum Gasteiger partial charge on any atom is -0.349 e. The molecule has 0 unspecified atom stereocenters. The first-order valence-corrected chi connectivity index (χ1v) is 7.83. The van der Waals surface area contributed by atoms with Crippen molar-refractivity contribution in [2.75, 3.05) is 13.1 Å². The van der Waals surface area contributed by atoms with E-state index in [0.717, 1.165) is 24.0 Å². The molecule has 0 aliphatic carbocycles. The average Bonchev–Trinajstić information content (AvgIpc) is 2.89. The van der Waals surface area contributed by atoms with Crippen LogP contribution in [0.4, 0.5) is 0 Å². The molecule has 0 spiro atoms. The summed E-state index contributed by atoms with van der Waals surface area (Å²) < 4.78 is 0. The van der Waals surface area contributed by atoms with Crippen molar-refractivity contribution in [3.05, 3.63) is 38.7 Å². The Balaban J connectivity index is 2.08. The molecule has 0 aromatic carbocycles. The summed E-state index contributed by atoms with van der Waals surface area (Å²) in [5.41, 5.74) is 2.02. The average molecular weight is 326 g/mol. The number of hydrazone groups is 1. The van der Waals surface area contributed by atoms with E-state index in [9.17, 15) is 10.1 Å². The molecule has 1 fully saturated rings. The minimum atomic E-state index is -0.693. The van der Waals surface area contributed by atoms with Gasteiger partial charge in [0.25, 0.3) is 5.96 Å². The molecule has 1 N–H and O–H groups in total. The van der Waals surface area contributed by atoms with E-state index in [4.69, 9.17) is 11.6 Å². The first kappa shape index (κ1) is 16.5. The Morgan fingerprint density at radius 1 is 1.55 bits per heavy atom. The number of guanidine groups is 1. The third kappa shape index (κ3) is 4.56. The molecule has 0 saturated carbocycles. The Bertz CT molecular complexity index is 564. The number of rotatable bonds is 7. The molecule has 0 radical (unpaired) electrons. The zero-order valence-corrected chi connectivity index (χ0v) is 13.3. The van der Waals surface area contributed by atoms with Gasteiger partial charge >= 0.3 is 0 Å². The second-order valence-corrected chi connectivity index (χ2v) is 5.62. The van der Waals surface area contributed by atoms with E-state index in [1.165, 1.54) is 12.8 Å². The zero-order valence-electron chi connectivity index (χ0n) is 12.6. The van der Waals surface area contributed by atoms with Crippen molar-refractivity contribution in [3.8, 4) is 0 Å². The van der Waals surface area contributed by atoms with Crippen LogP contribution in [0.15, 0.2) is 17.4 Å². The summed E-state index contributed by atoms with van der Waals surface area (Å²) >= 11 is 6.16. The van der Waals surface area contributed by atoms with Gasteiger partial charge in [-0.15, -0.1) is 0 Å². The molecule has 1 aromatic heterocycles. The molecule has 1 aromatic rings. The molecule has 2 rings (SSSR count). The van der Waals surface area contributed by atoms with Crippen molar-refractivity contribution in [1.29, 1.82) is 0 Å². The maximum absolute atomic E-state index is 10.5. The number of hydrogen-bond acceptors (Lipinski definition) is 3. The van der Waals surface area contributed by atoms with E-state index in [1.54, 1.807) is 6.20 Å². The highest BCUT2D eigenvalue weighted by atomic mass is 35.5. The van der Waals surface area contributed by atoms with Crippen LogP contribution in [-0.4, -0.2) is 34.0 Å². The largest absolute Gasteiger partial charge is 0.349 e. The smallest absolute Gasteiger partial charge is 0.271 e. The Labute approximate surface area is 134 Å². The molecule has 0 atom stereocenters. The van der Waals surface area contributed by atoms with E-state index in [1.807, 2.05) is 11.0 Å². The number of aromatic nitrogens is 1. The number of hydrogen-bond donors (Lipinski definition) is 1. The predicted molar refractivity (Wildman–Crippen MR) is 85.3 cm³/mol. The molecule has 1 aliphatic heterocycles.